The average molecular weight is 333 g/mol. The first-order valence-electron chi connectivity index (χ1n) is 6.60. The van der Waals surface area contributed by atoms with Crippen LogP contribution >= 0.6 is 15.9 Å². The Morgan fingerprint density at radius 2 is 1.95 bits per heavy atom. The summed E-state index contributed by atoms with van der Waals surface area (Å²) in [5.74, 6) is -0.134. The lowest BCUT2D eigenvalue weighted by atomic mass is 9.95. The number of aromatic nitrogens is 1. The fourth-order valence-corrected chi connectivity index (χ4v) is 2.54. The third-order valence-electron chi connectivity index (χ3n) is 3.24. The van der Waals surface area contributed by atoms with E-state index in [0.29, 0.717) is 0 Å². The van der Waals surface area contributed by atoms with E-state index in [-0.39, 0.29) is 11.8 Å². The molecule has 0 aliphatic carbocycles. The molecule has 0 fully saturated rings. The zero-order valence-electron chi connectivity index (χ0n) is 11.6. The summed E-state index contributed by atoms with van der Waals surface area (Å²) in [5.41, 5.74) is 2.60. The van der Waals surface area contributed by atoms with Crippen LogP contribution in [0.4, 0.5) is 5.69 Å². The van der Waals surface area contributed by atoms with E-state index in [1.54, 1.807) is 0 Å². The fourth-order valence-electron chi connectivity index (χ4n) is 2.14. The highest BCUT2D eigenvalue weighted by molar-refractivity contribution is 9.10. The molecule has 20 heavy (non-hydrogen) atoms. The summed E-state index contributed by atoms with van der Waals surface area (Å²) in [6.07, 6.45) is 0.763. The van der Waals surface area contributed by atoms with Gasteiger partial charge in [-0.05, 0) is 47.0 Å². The van der Waals surface area contributed by atoms with Crippen LogP contribution in [0.2, 0.25) is 0 Å². The maximum absolute atomic E-state index is 12.4. The van der Waals surface area contributed by atoms with Crippen LogP contribution < -0.4 is 5.32 Å². The normalized spacial score (nSPS) is 11.9. The molecule has 0 radical (unpaired) electrons. The number of rotatable bonds is 4. The summed E-state index contributed by atoms with van der Waals surface area (Å²) in [5, 5.41) is 2.96. The zero-order valence-corrected chi connectivity index (χ0v) is 13.1. The molecule has 0 saturated carbocycles. The lowest BCUT2D eigenvalue weighted by Crippen LogP contribution is -2.21. The minimum absolute atomic E-state index is 0.00548. The van der Waals surface area contributed by atoms with E-state index in [2.05, 4.69) is 26.2 Å². The molecule has 2 rings (SSSR count). The molecule has 1 heterocycles. The van der Waals surface area contributed by atoms with Gasteiger partial charge in [-0.3, -0.25) is 4.79 Å². The van der Waals surface area contributed by atoms with Gasteiger partial charge < -0.3 is 5.32 Å². The van der Waals surface area contributed by atoms with Gasteiger partial charge in [0.2, 0.25) is 5.91 Å². The first-order chi connectivity index (χ1) is 9.61. The third-order valence-corrected chi connectivity index (χ3v) is 3.68. The number of hydrogen-bond acceptors (Lipinski definition) is 2. The number of amides is 1. The van der Waals surface area contributed by atoms with Crippen LogP contribution in [0.25, 0.3) is 0 Å². The van der Waals surface area contributed by atoms with Crippen molar-refractivity contribution in [1.82, 2.24) is 4.98 Å². The largest absolute Gasteiger partial charge is 0.324 e. The van der Waals surface area contributed by atoms with Gasteiger partial charge in [0, 0.05) is 0 Å². The van der Waals surface area contributed by atoms with Gasteiger partial charge in [-0.2, -0.15) is 0 Å². The predicted octanol–water partition coefficient (Wildman–Crippen LogP) is 4.28. The molecule has 0 aliphatic heterocycles. The number of benzene rings is 1. The van der Waals surface area contributed by atoms with Gasteiger partial charge in [0.15, 0.2) is 0 Å². The van der Waals surface area contributed by atoms with E-state index in [4.69, 9.17) is 0 Å². The number of pyridine rings is 1. The molecule has 4 heteroatoms. The van der Waals surface area contributed by atoms with Crippen LogP contribution in [0.3, 0.4) is 0 Å². The van der Waals surface area contributed by atoms with Crippen LogP contribution in [0.5, 0.6) is 0 Å². The average Bonchev–Trinajstić information content (AvgIpc) is 2.44. The van der Waals surface area contributed by atoms with Gasteiger partial charge in [-0.15, -0.1) is 0 Å². The van der Waals surface area contributed by atoms with E-state index in [0.717, 1.165) is 28.0 Å². The summed E-state index contributed by atoms with van der Waals surface area (Å²) in [6, 6.07) is 13.5. The Morgan fingerprint density at radius 1 is 1.25 bits per heavy atom. The molecule has 0 saturated heterocycles. The molecular weight excluding hydrogens is 316 g/mol. The van der Waals surface area contributed by atoms with E-state index < -0.39 is 0 Å². The molecule has 0 bridgehead atoms. The molecule has 1 N–H and O–H groups in total. The summed E-state index contributed by atoms with van der Waals surface area (Å²) in [4.78, 5) is 16.7. The van der Waals surface area contributed by atoms with Gasteiger partial charge in [0.05, 0.1) is 17.3 Å². The SMILES string of the molecule is CCC(C(=O)Nc1ccc(Br)nc1C)c1ccccc1. The second-order valence-electron chi connectivity index (χ2n) is 4.63. The molecular formula is C16H17BrN2O. The highest BCUT2D eigenvalue weighted by Crippen LogP contribution is 2.23. The second-order valence-corrected chi connectivity index (χ2v) is 5.44. The minimum Gasteiger partial charge on any atom is -0.324 e. The number of carbonyl (C=O) groups excluding carboxylic acids is 1. The number of hydrogen-bond donors (Lipinski definition) is 1. The van der Waals surface area contributed by atoms with Crippen LogP contribution in [0.15, 0.2) is 47.1 Å². The van der Waals surface area contributed by atoms with Crippen molar-refractivity contribution in [3.63, 3.8) is 0 Å². The highest BCUT2D eigenvalue weighted by atomic mass is 79.9. The molecule has 1 atom stereocenters. The molecule has 1 aromatic carbocycles. The Balaban J connectivity index is 2.18. The number of nitrogens with one attached hydrogen (secondary N) is 1. The number of anilines is 1. The van der Waals surface area contributed by atoms with E-state index in [1.807, 2.05) is 56.3 Å². The van der Waals surface area contributed by atoms with Crippen molar-refractivity contribution in [2.24, 2.45) is 0 Å². The van der Waals surface area contributed by atoms with Crippen molar-refractivity contribution in [3.05, 3.63) is 58.3 Å². The molecule has 1 amide bonds. The summed E-state index contributed by atoms with van der Waals surface area (Å²) >= 11 is 3.32. The predicted molar refractivity (Wildman–Crippen MR) is 84.8 cm³/mol. The lowest BCUT2D eigenvalue weighted by Gasteiger charge is -2.16. The van der Waals surface area contributed by atoms with Gasteiger partial charge in [0.25, 0.3) is 0 Å². The number of nitrogens with zero attached hydrogens (tertiary/aromatic N) is 1. The summed E-state index contributed by atoms with van der Waals surface area (Å²) < 4.78 is 0.767. The Morgan fingerprint density at radius 3 is 2.55 bits per heavy atom. The van der Waals surface area contributed by atoms with Crippen molar-refractivity contribution in [2.45, 2.75) is 26.2 Å². The molecule has 1 unspecified atom stereocenters. The van der Waals surface area contributed by atoms with E-state index in [9.17, 15) is 4.79 Å². The van der Waals surface area contributed by atoms with Crippen molar-refractivity contribution in [2.75, 3.05) is 5.32 Å². The number of aryl methyl sites for hydroxylation is 1. The fraction of sp³-hybridized carbons (Fsp3) is 0.250. The Kier molecular flexibility index (Phi) is 4.90. The van der Waals surface area contributed by atoms with Gasteiger partial charge >= 0.3 is 0 Å². The third kappa shape index (κ3) is 3.45. The number of carbonyl (C=O) groups is 1. The van der Waals surface area contributed by atoms with E-state index >= 15 is 0 Å². The molecule has 3 nitrogen and oxygen atoms in total. The highest BCUT2D eigenvalue weighted by Gasteiger charge is 2.19. The Bertz CT molecular complexity index is 599. The number of halogens is 1. The quantitative estimate of drug-likeness (QED) is 0.849. The zero-order chi connectivity index (χ0) is 14.5. The second kappa shape index (κ2) is 6.66. The van der Waals surface area contributed by atoms with Crippen molar-refractivity contribution < 1.29 is 4.79 Å². The Labute approximate surface area is 127 Å². The van der Waals surface area contributed by atoms with Gasteiger partial charge in [-0.1, -0.05) is 37.3 Å². The molecule has 1 aromatic heterocycles. The van der Waals surface area contributed by atoms with Gasteiger partial charge in [0.1, 0.15) is 4.60 Å². The summed E-state index contributed by atoms with van der Waals surface area (Å²) in [7, 11) is 0. The van der Waals surface area contributed by atoms with Crippen molar-refractivity contribution in [3.8, 4) is 0 Å². The van der Waals surface area contributed by atoms with Crippen LogP contribution in [-0.2, 0) is 4.79 Å². The molecule has 104 valence electrons. The molecule has 0 spiro atoms. The lowest BCUT2D eigenvalue weighted by molar-refractivity contribution is -0.117. The van der Waals surface area contributed by atoms with Gasteiger partial charge in [-0.25, -0.2) is 4.98 Å². The maximum Gasteiger partial charge on any atom is 0.231 e. The van der Waals surface area contributed by atoms with Crippen molar-refractivity contribution in [1.29, 1.82) is 0 Å². The molecule has 0 aliphatic rings. The first-order valence-corrected chi connectivity index (χ1v) is 7.40. The maximum atomic E-state index is 12.4. The minimum atomic E-state index is -0.140. The van der Waals surface area contributed by atoms with Crippen LogP contribution in [0.1, 0.15) is 30.5 Å². The van der Waals surface area contributed by atoms with E-state index in [1.165, 1.54) is 0 Å². The van der Waals surface area contributed by atoms with Crippen LogP contribution in [-0.4, -0.2) is 10.9 Å². The molecule has 2 aromatic rings. The standard InChI is InChI=1S/C16H17BrN2O/c1-3-13(12-7-5-4-6-8-12)16(20)19-14-9-10-15(17)18-11(14)2/h4-10,13H,3H2,1-2H3,(H,19,20). The summed E-state index contributed by atoms with van der Waals surface area (Å²) in [6.45, 7) is 3.90. The van der Waals surface area contributed by atoms with Crippen LogP contribution in [0, 0.1) is 6.92 Å². The Hall–Kier alpha value is -1.68. The topological polar surface area (TPSA) is 42.0 Å². The smallest absolute Gasteiger partial charge is 0.231 e. The monoisotopic (exact) mass is 332 g/mol. The first kappa shape index (κ1) is 14.7. The van der Waals surface area contributed by atoms with Crippen molar-refractivity contribution >= 4 is 27.5 Å².